The molecule has 0 aliphatic rings. The Morgan fingerprint density at radius 3 is 2.62 bits per heavy atom. The maximum absolute atomic E-state index is 12.4. The Hall–Kier alpha value is -3.49. The van der Waals surface area contributed by atoms with Gasteiger partial charge >= 0.3 is 0 Å². The number of nitro benzene ring substituents is 1. The van der Waals surface area contributed by atoms with E-state index in [1.165, 1.54) is 12.1 Å². The topological polar surface area (TPSA) is 108 Å². The van der Waals surface area contributed by atoms with Gasteiger partial charge in [0.05, 0.1) is 10.6 Å². The van der Waals surface area contributed by atoms with Crippen LogP contribution in [0.2, 0.25) is 0 Å². The van der Waals surface area contributed by atoms with Crippen molar-refractivity contribution in [3.8, 4) is 0 Å². The molecular formula is C17H18N6O3. The van der Waals surface area contributed by atoms with Crippen LogP contribution in [0, 0.1) is 30.9 Å². The molecule has 9 heteroatoms. The molecule has 0 aliphatic carbocycles. The van der Waals surface area contributed by atoms with Crippen molar-refractivity contribution in [3.05, 3.63) is 69.3 Å². The number of nitrogens with zero attached hydrogens (tertiary/aromatic N) is 5. The number of hydrogen-bond acceptors (Lipinski definition) is 5. The number of nitro groups is 1. The molecule has 0 radical (unpaired) electrons. The number of aryl methyl sites for hydroxylation is 3. The predicted octanol–water partition coefficient (Wildman–Crippen LogP) is 2.67. The number of hydrogen-bond donors (Lipinski definition) is 1. The average Bonchev–Trinajstić information content (AvgIpc) is 3.16. The monoisotopic (exact) mass is 354 g/mol. The van der Waals surface area contributed by atoms with Crippen molar-refractivity contribution < 1.29 is 9.72 Å². The molecule has 26 heavy (non-hydrogen) atoms. The SMILES string of the molecule is Cc1ccc(NC(=O)c2ccn(Cn3nc(C)cc3C)n2)c([N+](=O)[O-])c1. The lowest BCUT2D eigenvalue weighted by atomic mass is 10.2. The van der Waals surface area contributed by atoms with Crippen LogP contribution >= 0.6 is 0 Å². The van der Waals surface area contributed by atoms with Crippen LogP contribution in [0.4, 0.5) is 11.4 Å². The van der Waals surface area contributed by atoms with E-state index in [1.54, 1.807) is 34.6 Å². The lowest BCUT2D eigenvalue weighted by Crippen LogP contribution is -2.16. The van der Waals surface area contributed by atoms with E-state index in [0.717, 1.165) is 17.0 Å². The van der Waals surface area contributed by atoms with Crippen molar-refractivity contribution in [2.45, 2.75) is 27.4 Å². The van der Waals surface area contributed by atoms with Crippen LogP contribution in [0.15, 0.2) is 36.5 Å². The summed E-state index contributed by atoms with van der Waals surface area (Å²) in [5.41, 5.74) is 2.78. The number of nitrogens with one attached hydrogen (secondary N) is 1. The van der Waals surface area contributed by atoms with Gasteiger partial charge in [-0.05, 0) is 44.5 Å². The second-order valence-corrected chi connectivity index (χ2v) is 6.04. The fourth-order valence-electron chi connectivity index (χ4n) is 2.60. The maximum atomic E-state index is 12.4. The number of anilines is 1. The third-order valence-corrected chi connectivity index (χ3v) is 3.85. The molecule has 3 rings (SSSR count). The number of amides is 1. The first-order chi connectivity index (χ1) is 12.3. The average molecular weight is 354 g/mol. The minimum Gasteiger partial charge on any atom is -0.315 e. The molecule has 9 nitrogen and oxygen atoms in total. The second-order valence-electron chi connectivity index (χ2n) is 6.04. The Labute approximate surface area is 149 Å². The molecule has 2 heterocycles. The van der Waals surface area contributed by atoms with Crippen LogP contribution in [-0.4, -0.2) is 30.4 Å². The number of carbonyl (C=O) groups excluding carboxylic acids is 1. The molecule has 1 amide bonds. The highest BCUT2D eigenvalue weighted by molar-refractivity contribution is 6.04. The van der Waals surface area contributed by atoms with Gasteiger partial charge in [-0.3, -0.25) is 19.6 Å². The highest BCUT2D eigenvalue weighted by Gasteiger charge is 2.18. The van der Waals surface area contributed by atoms with E-state index >= 15 is 0 Å². The van der Waals surface area contributed by atoms with E-state index < -0.39 is 10.8 Å². The van der Waals surface area contributed by atoms with Gasteiger partial charge < -0.3 is 5.32 Å². The lowest BCUT2D eigenvalue weighted by Gasteiger charge is -2.06. The Bertz CT molecular complexity index is 988. The van der Waals surface area contributed by atoms with Gasteiger partial charge in [-0.25, -0.2) is 4.68 Å². The summed E-state index contributed by atoms with van der Waals surface area (Å²) in [6.45, 7) is 5.96. The van der Waals surface area contributed by atoms with Gasteiger partial charge in [0.2, 0.25) is 0 Å². The van der Waals surface area contributed by atoms with Gasteiger partial charge in [-0.1, -0.05) is 6.07 Å². The van der Waals surface area contributed by atoms with Crippen molar-refractivity contribution in [3.63, 3.8) is 0 Å². The van der Waals surface area contributed by atoms with Crippen molar-refractivity contribution in [1.29, 1.82) is 0 Å². The third-order valence-electron chi connectivity index (χ3n) is 3.85. The van der Waals surface area contributed by atoms with Crippen molar-refractivity contribution in [1.82, 2.24) is 19.6 Å². The van der Waals surface area contributed by atoms with E-state index in [9.17, 15) is 14.9 Å². The molecular weight excluding hydrogens is 336 g/mol. The van der Waals surface area contributed by atoms with E-state index in [4.69, 9.17) is 0 Å². The number of carbonyl (C=O) groups is 1. The summed E-state index contributed by atoms with van der Waals surface area (Å²) in [4.78, 5) is 23.0. The first-order valence-electron chi connectivity index (χ1n) is 7.94. The van der Waals surface area contributed by atoms with E-state index in [2.05, 4.69) is 15.5 Å². The van der Waals surface area contributed by atoms with Crippen LogP contribution in [-0.2, 0) is 6.67 Å². The summed E-state index contributed by atoms with van der Waals surface area (Å²) in [5, 5.41) is 22.3. The van der Waals surface area contributed by atoms with E-state index in [0.29, 0.717) is 6.67 Å². The summed E-state index contributed by atoms with van der Waals surface area (Å²) in [7, 11) is 0. The van der Waals surface area contributed by atoms with Crippen LogP contribution in [0.1, 0.15) is 27.4 Å². The summed E-state index contributed by atoms with van der Waals surface area (Å²) >= 11 is 0. The fraction of sp³-hybridized carbons (Fsp3) is 0.235. The molecule has 1 N–H and O–H groups in total. The largest absolute Gasteiger partial charge is 0.315 e. The van der Waals surface area contributed by atoms with Crippen molar-refractivity contribution in [2.75, 3.05) is 5.32 Å². The fourth-order valence-corrected chi connectivity index (χ4v) is 2.60. The van der Waals surface area contributed by atoms with Gasteiger partial charge in [0, 0.05) is 18.0 Å². The molecule has 3 aromatic rings. The molecule has 0 unspecified atom stereocenters. The third kappa shape index (κ3) is 3.61. The summed E-state index contributed by atoms with van der Waals surface area (Å²) in [6.07, 6.45) is 1.66. The lowest BCUT2D eigenvalue weighted by molar-refractivity contribution is -0.384. The Morgan fingerprint density at radius 2 is 1.96 bits per heavy atom. The van der Waals surface area contributed by atoms with Crippen molar-refractivity contribution >= 4 is 17.3 Å². The van der Waals surface area contributed by atoms with Gasteiger partial charge in [-0.2, -0.15) is 10.2 Å². The highest BCUT2D eigenvalue weighted by Crippen LogP contribution is 2.25. The van der Waals surface area contributed by atoms with Gasteiger partial charge in [0.25, 0.3) is 11.6 Å². The standard InChI is InChI=1S/C17H18N6O3/c1-11-4-5-14(16(8-11)23(25)26)18-17(24)15-6-7-21(20-15)10-22-13(3)9-12(2)19-22/h4-9H,10H2,1-3H3,(H,18,24). The summed E-state index contributed by atoms with van der Waals surface area (Å²) in [6, 6.07) is 8.13. The Kier molecular flexibility index (Phi) is 4.53. The number of benzene rings is 1. The molecule has 0 fully saturated rings. The normalized spacial score (nSPS) is 10.7. The molecule has 0 aliphatic heterocycles. The molecule has 0 bridgehead atoms. The summed E-state index contributed by atoms with van der Waals surface area (Å²) in [5.74, 6) is -0.510. The first kappa shape index (κ1) is 17.3. The maximum Gasteiger partial charge on any atom is 0.293 e. The van der Waals surface area contributed by atoms with E-state index in [-0.39, 0.29) is 17.1 Å². The Morgan fingerprint density at radius 1 is 1.19 bits per heavy atom. The van der Waals surface area contributed by atoms with Crippen LogP contribution in [0.5, 0.6) is 0 Å². The number of aromatic nitrogens is 4. The molecule has 1 aromatic carbocycles. The molecule has 2 aromatic heterocycles. The van der Waals surface area contributed by atoms with E-state index in [1.807, 2.05) is 19.9 Å². The highest BCUT2D eigenvalue weighted by atomic mass is 16.6. The van der Waals surface area contributed by atoms with Gasteiger partial charge in [-0.15, -0.1) is 0 Å². The smallest absolute Gasteiger partial charge is 0.293 e. The molecule has 134 valence electrons. The van der Waals surface area contributed by atoms with Crippen LogP contribution < -0.4 is 5.32 Å². The zero-order valence-electron chi connectivity index (χ0n) is 14.6. The minimum absolute atomic E-state index is 0.138. The quantitative estimate of drug-likeness (QED) is 0.560. The zero-order chi connectivity index (χ0) is 18.8. The predicted molar refractivity (Wildman–Crippen MR) is 95.1 cm³/mol. The first-order valence-corrected chi connectivity index (χ1v) is 7.94. The number of rotatable bonds is 5. The van der Waals surface area contributed by atoms with Crippen molar-refractivity contribution in [2.24, 2.45) is 0 Å². The van der Waals surface area contributed by atoms with Gasteiger partial charge in [0.1, 0.15) is 12.4 Å². The zero-order valence-corrected chi connectivity index (χ0v) is 14.6. The Balaban J connectivity index is 1.77. The second kappa shape index (κ2) is 6.79. The molecule has 0 spiro atoms. The molecule has 0 saturated carbocycles. The van der Waals surface area contributed by atoms with Crippen LogP contribution in [0.3, 0.4) is 0 Å². The molecule has 0 atom stereocenters. The summed E-state index contributed by atoms with van der Waals surface area (Å²) < 4.78 is 3.35. The van der Waals surface area contributed by atoms with Crippen LogP contribution in [0.25, 0.3) is 0 Å². The van der Waals surface area contributed by atoms with Gasteiger partial charge in [0.15, 0.2) is 5.69 Å². The molecule has 0 saturated heterocycles. The minimum atomic E-state index is -0.524.